The third kappa shape index (κ3) is 26.1. The summed E-state index contributed by atoms with van der Waals surface area (Å²) < 4.78 is 22.3. The molecule has 0 aliphatic rings. The first-order valence-corrected chi connectivity index (χ1v) is 14.6. The highest BCUT2D eigenvalue weighted by Crippen LogP contribution is 2.25. The van der Waals surface area contributed by atoms with Gasteiger partial charge in [-0.05, 0) is 12.8 Å². The lowest BCUT2D eigenvalue weighted by atomic mass is 10.1. The Hall–Kier alpha value is 0.0200. The molecule has 0 aliphatic carbocycles. The molecule has 0 radical (unpaired) electrons. The third-order valence-electron chi connectivity index (χ3n) is 5.89. The fourth-order valence-electron chi connectivity index (χ4n) is 3.85. The van der Waals surface area contributed by atoms with Gasteiger partial charge in [0.25, 0.3) is 0 Å². The molecule has 0 saturated heterocycles. The van der Waals surface area contributed by atoms with E-state index < -0.39 is 8.25 Å². The Morgan fingerprint density at radius 2 is 0.633 bits per heavy atom. The van der Waals surface area contributed by atoms with Gasteiger partial charge in [-0.3, -0.25) is 0 Å². The molecule has 0 saturated carbocycles. The summed E-state index contributed by atoms with van der Waals surface area (Å²) in [6.07, 6.45) is 29.0. The van der Waals surface area contributed by atoms with Gasteiger partial charge in [-0.25, -0.2) is 0 Å². The topological polar surface area (TPSA) is 35.5 Å². The minimum Gasteiger partial charge on any atom is -0.119 e. The average molecular weight is 446 g/mol. The molecule has 4 heteroatoms. The van der Waals surface area contributed by atoms with Crippen LogP contribution in [0.1, 0.15) is 155 Å². The molecule has 0 aliphatic heterocycles. The van der Waals surface area contributed by atoms with Crippen LogP contribution in [0.2, 0.25) is 0 Å². The van der Waals surface area contributed by atoms with E-state index >= 15 is 0 Å². The molecule has 0 N–H and O–H groups in total. The summed E-state index contributed by atoms with van der Waals surface area (Å²) in [4.78, 5) is 0. The van der Waals surface area contributed by atoms with Crippen LogP contribution in [-0.4, -0.2) is 13.2 Å². The highest BCUT2D eigenvalue weighted by atomic mass is 31.1. The fraction of sp³-hybridized carbons (Fsp3) is 1.00. The third-order valence-corrected chi connectivity index (χ3v) is 6.68. The van der Waals surface area contributed by atoms with E-state index in [0.717, 1.165) is 12.8 Å². The van der Waals surface area contributed by atoms with E-state index in [2.05, 4.69) is 13.8 Å². The molecule has 0 spiro atoms. The molecule has 0 rings (SSSR count). The molecule has 0 aromatic carbocycles. The van der Waals surface area contributed by atoms with E-state index in [0.29, 0.717) is 13.2 Å². The van der Waals surface area contributed by atoms with Crippen molar-refractivity contribution in [1.82, 2.24) is 0 Å². The maximum absolute atomic E-state index is 11.7. The van der Waals surface area contributed by atoms with Gasteiger partial charge in [-0.15, -0.1) is 9.05 Å². The van der Waals surface area contributed by atoms with Crippen LogP contribution in [0, 0.1) is 0 Å². The maximum atomic E-state index is 11.7. The van der Waals surface area contributed by atoms with Gasteiger partial charge in [0, 0.05) is 4.57 Å². The molecular formula is C26H54O3P+. The Morgan fingerprint density at radius 3 is 0.900 bits per heavy atom. The normalized spacial score (nSPS) is 11.9. The average Bonchev–Trinajstić information content (AvgIpc) is 2.75. The zero-order valence-corrected chi connectivity index (χ0v) is 21.5. The van der Waals surface area contributed by atoms with Crippen LogP contribution in [0.15, 0.2) is 0 Å². The monoisotopic (exact) mass is 445 g/mol. The predicted molar refractivity (Wildman–Crippen MR) is 132 cm³/mol. The molecule has 0 aromatic rings. The summed E-state index contributed by atoms with van der Waals surface area (Å²) >= 11 is 0. The van der Waals surface area contributed by atoms with Gasteiger partial charge in [-0.2, -0.15) is 0 Å². The van der Waals surface area contributed by atoms with Crippen molar-refractivity contribution in [1.29, 1.82) is 0 Å². The zero-order valence-electron chi connectivity index (χ0n) is 20.6. The van der Waals surface area contributed by atoms with Crippen LogP contribution in [0.25, 0.3) is 0 Å². The molecule has 0 amide bonds. The van der Waals surface area contributed by atoms with Crippen LogP contribution >= 0.6 is 8.25 Å². The Labute approximate surface area is 190 Å². The molecule has 1 atom stereocenters. The van der Waals surface area contributed by atoms with E-state index in [1.54, 1.807) is 0 Å². The first kappa shape index (κ1) is 30.0. The van der Waals surface area contributed by atoms with Crippen LogP contribution < -0.4 is 0 Å². The summed E-state index contributed by atoms with van der Waals surface area (Å²) in [5, 5.41) is 0. The maximum Gasteiger partial charge on any atom is 0.697 e. The summed E-state index contributed by atoms with van der Waals surface area (Å²) in [6, 6.07) is 0. The van der Waals surface area contributed by atoms with Gasteiger partial charge in [0.05, 0.1) is 0 Å². The smallest absolute Gasteiger partial charge is 0.119 e. The second kappa shape index (κ2) is 27.1. The first-order chi connectivity index (χ1) is 14.8. The lowest BCUT2D eigenvalue weighted by molar-refractivity contribution is 0.218. The Morgan fingerprint density at radius 1 is 0.400 bits per heavy atom. The standard InChI is InChI=1S/C26H54O3P/c1-3-5-7-9-11-13-15-16-18-20-22-24-26-29-30(27)28-25-23-21-19-17-14-12-10-8-6-4-2/h3-26H2,1-2H3/q+1. The van der Waals surface area contributed by atoms with E-state index in [9.17, 15) is 4.57 Å². The van der Waals surface area contributed by atoms with Gasteiger partial charge in [-0.1, -0.05) is 142 Å². The van der Waals surface area contributed by atoms with Crippen molar-refractivity contribution in [2.24, 2.45) is 0 Å². The second-order valence-electron chi connectivity index (χ2n) is 8.96. The van der Waals surface area contributed by atoms with Gasteiger partial charge in [0.2, 0.25) is 0 Å². The van der Waals surface area contributed by atoms with E-state index in [4.69, 9.17) is 9.05 Å². The molecule has 30 heavy (non-hydrogen) atoms. The fourth-order valence-corrected chi connectivity index (χ4v) is 4.48. The zero-order chi connectivity index (χ0) is 22.0. The van der Waals surface area contributed by atoms with Gasteiger partial charge in [0.15, 0.2) is 0 Å². The van der Waals surface area contributed by atoms with Gasteiger partial charge in [0.1, 0.15) is 13.2 Å². The summed E-state index contributed by atoms with van der Waals surface area (Å²) in [7, 11) is -1.91. The quantitative estimate of drug-likeness (QED) is 0.0981. The Balaban J connectivity index is 3.13. The Bertz CT molecular complexity index is 336. The van der Waals surface area contributed by atoms with Gasteiger partial charge < -0.3 is 0 Å². The highest BCUT2D eigenvalue weighted by Gasteiger charge is 2.18. The molecule has 0 aromatic heterocycles. The van der Waals surface area contributed by atoms with E-state index in [-0.39, 0.29) is 0 Å². The minimum absolute atomic E-state index is 0.574. The van der Waals surface area contributed by atoms with E-state index in [1.807, 2.05) is 0 Å². The summed E-state index contributed by atoms with van der Waals surface area (Å²) in [6.45, 7) is 5.69. The number of hydrogen-bond acceptors (Lipinski definition) is 3. The van der Waals surface area contributed by atoms with E-state index in [1.165, 1.54) is 128 Å². The molecule has 0 fully saturated rings. The minimum atomic E-state index is -1.91. The van der Waals surface area contributed by atoms with Crippen molar-refractivity contribution in [3.63, 3.8) is 0 Å². The SMILES string of the molecule is CCCCCCCCCCCCCCO[P+](=O)OCCCCCCCCCCCC. The lowest BCUT2D eigenvalue weighted by Gasteiger charge is -2.02. The van der Waals surface area contributed by atoms with Crippen LogP contribution in [-0.2, 0) is 13.6 Å². The second-order valence-corrected chi connectivity index (χ2v) is 9.92. The number of rotatable bonds is 26. The Kier molecular flexibility index (Phi) is 27.1. The molecular weight excluding hydrogens is 391 g/mol. The predicted octanol–water partition coefficient (Wildman–Crippen LogP) is 10.3. The van der Waals surface area contributed by atoms with Crippen molar-refractivity contribution < 1.29 is 13.6 Å². The van der Waals surface area contributed by atoms with Crippen molar-refractivity contribution in [3.05, 3.63) is 0 Å². The first-order valence-electron chi connectivity index (χ1n) is 13.5. The summed E-state index contributed by atoms with van der Waals surface area (Å²) in [5.74, 6) is 0. The van der Waals surface area contributed by atoms with Crippen molar-refractivity contribution in [2.75, 3.05) is 13.2 Å². The number of unbranched alkanes of at least 4 members (excludes halogenated alkanes) is 20. The van der Waals surface area contributed by atoms with Gasteiger partial charge >= 0.3 is 8.25 Å². The molecule has 0 heterocycles. The molecule has 1 unspecified atom stereocenters. The highest BCUT2D eigenvalue weighted by molar-refractivity contribution is 7.33. The molecule has 0 bridgehead atoms. The molecule has 180 valence electrons. The van der Waals surface area contributed by atoms with Crippen molar-refractivity contribution in [3.8, 4) is 0 Å². The number of hydrogen-bond donors (Lipinski definition) is 0. The summed E-state index contributed by atoms with van der Waals surface area (Å²) in [5.41, 5.74) is 0. The van der Waals surface area contributed by atoms with Crippen molar-refractivity contribution >= 4 is 8.25 Å². The molecule has 3 nitrogen and oxygen atoms in total. The van der Waals surface area contributed by atoms with Crippen LogP contribution in [0.5, 0.6) is 0 Å². The lowest BCUT2D eigenvalue weighted by Crippen LogP contribution is -1.92. The van der Waals surface area contributed by atoms with Crippen LogP contribution in [0.4, 0.5) is 0 Å². The van der Waals surface area contributed by atoms with Crippen molar-refractivity contribution in [2.45, 2.75) is 155 Å². The van der Waals surface area contributed by atoms with Crippen LogP contribution in [0.3, 0.4) is 0 Å². The largest absolute Gasteiger partial charge is 0.697 e.